The van der Waals surface area contributed by atoms with Crippen LogP contribution in [-0.2, 0) is 28.6 Å². The second-order valence-electron chi connectivity index (χ2n) is 22.7. The summed E-state index contributed by atoms with van der Waals surface area (Å²) in [6.07, 6.45) is 78.6. The van der Waals surface area contributed by atoms with Crippen LogP contribution in [0.15, 0.2) is 36.5 Å². The summed E-state index contributed by atoms with van der Waals surface area (Å²) in [6.45, 7) is 6.68. The maximum atomic E-state index is 12.9. The van der Waals surface area contributed by atoms with Crippen molar-refractivity contribution >= 4 is 17.9 Å². The minimum atomic E-state index is -0.774. The van der Waals surface area contributed by atoms with Crippen LogP contribution in [0.5, 0.6) is 0 Å². The topological polar surface area (TPSA) is 78.9 Å². The molecule has 0 aliphatic heterocycles. The Bertz CT molecular complexity index is 1250. The molecular weight excluding hydrogens is 925 g/mol. The molecule has 0 spiro atoms. The number of hydrogen-bond donors (Lipinski definition) is 0. The van der Waals surface area contributed by atoms with Crippen molar-refractivity contribution in [2.24, 2.45) is 0 Å². The van der Waals surface area contributed by atoms with Gasteiger partial charge in [-0.3, -0.25) is 14.4 Å². The number of ether oxygens (including phenoxy) is 3. The minimum absolute atomic E-state index is 0.0694. The van der Waals surface area contributed by atoms with E-state index in [1.165, 1.54) is 263 Å². The summed E-state index contributed by atoms with van der Waals surface area (Å²) in [4.78, 5) is 38.4. The molecule has 75 heavy (non-hydrogen) atoms. The number of carbonyl (C=O) groups excluding carboxylic acids is 3. The molecule has 0 fully saturated rings. The van der Waals surface area contributed by atoms with E-state index in [2.05, 4.69) is 57.2 Å². The lowest BCUT2D eigenvalue weighted by molar-refractivity contribution is -0.167. The van der Waals surface area contributed by atoms with E-state index in [1.807, 2.05) is 0 Å². The van der Waals surface area contributed by atoms with Crippen molar-refractivity contribution in [2.75, 3.05) is 13.2 Å². The van der Waals surface area contributed by atoms with Gasteiger partial charge in [-0.15, -0.1) is 0 Å². The predicted molar refractivity (Wildman–Crippen MR) is 326 cm³/mol. The van der Waals surface area contributed by atoms with Gasteiger partial charge in [-0.25, -0.2) is 0 Å². The van der Waals surface area contributed by atoms with E-state index in [0.29, 0.717) is 19.3 Å². The molecule has 0 aromatic heterocycles. The van der Waals surface area contributed by atoms with Crippen LogP contribution < -0.4 is 0 Å². The van der Waals surface area contributed by atoms with Crippen molar-refractivity contribution in [1.82, 2.24) is 0 Å². The fourth-order valence-corrected chi connectivity index (χ4v) is 10.1. The Morgan fingerprint density at radius 1 is 0.267 bits per heavy atom. The van der Waals surface area contributed by atoms with Crippen molar-refractivity contribution in [1.29, 1.82) is 0 Å². The summed E-state index contributed by atoms with van der Waals surface area (Å²) >= 11 is 0. The van der Waals surface area contributed by atoms with Gasteiger partial charge in [-0.05, 0) is 77.0 Å². The standard InChI is InChI=1S/C69H128O6/c1-4-7-10-13-16-19-22-25-28-31-34-37-40-43-46-49-52-55-58-61-67(70)73-64-66(75-69(72)63-60-57-54-51-48-45-42-39-36-33-30-27-24-21-18-15-12-9-6-3)65-74-68(71)62-59-56-53-50-47-44-41-38-35-32-29-26-23-20-17-14-11-8-5-2/h16,19,25,27-28,30,66H,4-15,17-18,20-24,26,29,31-65H2,1-3H3/b19-16-,28-25-,30-27-. The Labute approximate surface area is 467 Å². The van der Waals surface area contributed by atoms with Crippen molar-refractivity contribution in [3.8, 4) is 0 Å². The SMILES string of the molecule is CCCCC/C=C\C/C=C\CCCCCCCCCCCC(=O)OCC(COC(=O)CCCCCCCCCCCCCCCCCCCCC)OC(=O)CCCCCCCCCCC/C=C\CCCCCCCC. The number of hydrogen-bond acceptors (Lipinski definition) is 6. The van der Waals surface area contributed by atoms with E-state index >= 15 is 0 Å². The first-order valence-electron chi connectivity index (χ1n) is 33.5. The van der Waals surface area contributed by atoms with Crippen LogP contribution in [0.2, 0.25) is 0 Å². The monoisotopic (exact) mass is 1050 g/mol. The van der Waals surface area contributed by atoms with Crippen LogP contribution in [0.3, 0.4) is 0 Å². The minimum Gasteiger partial charge on any atom is -0.462 e. The highest BCUT2D eigenvalue weighted by atomic mass is 16.6. The second kappa shape index (κ2) is 64.2. The molecule has 0 aromatic rings. The lowest BCUT2D eigenvalue weighted by atomic mass is 10.0. The van der Waals surface area contributed by atoms with E-state index in [9.17, 15) is 14.4 Å². The van der Waals surface area contributed by atoms with Gasteiger partial charge in [0.15, 0.2) is 6.10 Å². The molecular formula is C69H128O6. The Morgan fingerprint density at radius 2 is 0.480 bits per heavy atom. The molecule has 0 amide bonds. The summed E-state index contributed by atoms with van der Waals surface area (Å²) < 4.78 is 17.0. The van der Waals surface area contributed by atoms with E-state index < -0.39 is 6.10 Å². The fourth-order valence-electron chi connectivity index (χ4n) is 10.1. The number of esters is 3. The van der Waals surface area contributed by atoms with E-state index in [4.69, 9.17) is 14.2 Å². The first-order chi connectivity index (χ1) is 37.0. The fraction of sp³-hybridized carbons (Fsp3) is 0.870. The normalized spacial score (nSPS) is 12.2. The summed E-state index contributed by atoms with van der Waals surface area (Å²) in [5.41, 5.74) is 0. The zero-order chi connectivity index (χ0) is 54.3. The van der Waals surface area contributed by atoms with Gasteiger partial charge in [0.1, 0.15) is 13.2 Å². The molecule has 0 heterocycles. The Hall–Kier alpha value is -2.37. The zero-order valence-electron chi connectivity index (χ0n) is 50.6. The van der Waals surface area contributed by atoms with Gasteiger partial charge in [-0.2, -0.15) is 0 Å². The molecule has 6 heteroatoms. The number of allylic oxidation sites excluding steroid dienone is 6. The van der Waals surface area contributed by atoms with Gasteiger partial charge in [0.05, 0.1) is 0 Å². The van der Waals surface area contributed by atoms with Gasteiger partial charge < -0.3 is 14.2 Å². The molecule has 0 aliphatic carbocycles. The highest BCUT2D eigenvalue weighted by Gasteiger charge is 2.19. The van der Waals surface area contributed by atoms with Crippen LogP contribution in [0.25, 0.3) is 0 Å². The molecule has 0 radical (unpaired) electrons. The van der Waals surface area contributed by atoms with E-state index in [0.717, 1.165) is 64.2 Å². The second-order valence-corrected chi connectivity index (χ2v) is 22.7. The summed E-state index contributed by atoms with van der Waals surface area (Å²) in [7, 11) is 0. The lowest BCUT2D eigenvalue weighted by Gasteiger charge is -2.18. The first kappa shape index (κ1) is 72.6. The van der Waals surface area contributed by atoms with Gasteiger partial charge in [-0.1, -0.05) is 308 Å². The molecule has 1 atom stereocenters. The number of carbonyl (C=O) groups is 3. The van der Waals surface area contributed by atoms with Crippen LogP contribution in [0, 0.1) is 0 Å². The summed E-state index contributed by atoms with van der Waals surface area (Å²) in [5.74, 6) is -0.849. The van der Waals surface area contributed by atoms with E-state index in [1.54, 1.807) is 0 Å². The lowest BCUT2D eigenvalue weighted by Crippen LogP contribution is -2.30. The smallest absolute Gasteiger partial charge is 0.306 e. The quantitative estimate of drug-likeness (QED) is 0.0261. The molecule has 0 rings (SSSR count). The predicted octanol–water partition coefficient (Wildman–Crippen LogP) is 22.8. The molecule has 0 aromatic carbocycles. The van der Waals surface area contributed by atoms with E-state index in [-0.39, 0.29) is 31.1 Å². The molecule has 0 N–H and O–H groups in total. The molecule has 6 nitrogen and oxygen atoms in total. The zero-order valence-corrected chi connectivity index (χ0v) is 50.6. The average Bonchev–Trinajstić information content (AvgIpc) is 3.41. The number of rotatable bonds is 62. The maximum absolute atomic E-state index is 12.9. The summed E-state index contributed by atoms with van der Waals surface area (Å²) in [5, 5.41) is 0. The van der Waals surface area contributed by atoms with Gasteiger partial charge >= 0.3 is 17.9 Å². The molecule has 0 aliphatic rings. The third-order valence-corrected chi connectivity index (χ3v) is 15.1. The van der Waals surface area contributed by atoms with Crippen molar-refractivity contribution in [3.63, 3.8) is 0 Å². The summed E-state index contributed by atoms with van der Waals surface area (Å²) in [6, 6.07) is 0. The third kappa shape index (κ3) is 62.4. The van der Waals surface area contributed by atoms with Crippen LogP contribution in [-0.4, -0.2) is 37.2 Å². The van der Waals surface area contributed by atoms with Gasteiger partial charge in [0.25, 0.3) is 0 Å². The molecule has 0 saturated carbocycles. The van der Waals surface area contributed by atoms with Gasteiger partial charge in [0.2, 0.25) is 0 Å². The Kier molecular flexibility index (Phi) is 62.1. The molecule has 0 bridgehead atoms. The maximum Gasteiger partial charge on any atom is 0.306 e. The highest BCUT2D eigenvalue weighted by molar-refractivity contribution is 5.71. The molecule has 0 saturated heterocycles. The van der Waals surface area contributed by atoms with Gasteiger partial charge in [0, 0.05) is 19.3 Å². The van der Waals surface area contributed by atoms with Crippen molar-refractivity contribution in [3.05, 3.63) is 36.5 Å². The Morgan fingerprint density at radius 3 is 0.773 bits per heavy atom. The molecule has 440 valence electrons. The van der Waals surface area contributed by atoms with Crippen LogP contribution >= 0.6 is 0 Å². The number of unbranched alkanes of at least 4 members (excludes halogenated alkanes) is 45. The molecule has 1 unspecified atom stereocenters. The third-order valence-electron chi connectivity index (χ3n) is 15.1. The average molecular weight is 1050 g/mol. The highest BCUT2D eigenvalue weighted by Crippen LogP contribution is 2.18. The largest absolute Gasteiger partial charge is 0.462 e. The van der Waals surface area contributed by atoms with Crippen molar-refractivity contribution < 1.29 is 28.6 Å². The van der Waals surface area contributed by atoms with Crippen LogP contribution in [0.1, 0.15) is 367 Å². The van der Waals surface area contributed by atoms with Crippen molar-refractivity contribution in [2.45, 2.75) is 374 Å². The van der Waals surface area contributed by atoms with Crippen LogP contribution in [0.4, 0.5) is 0 Å². The first-order valence-corrected chi connectivity index (χ1v) is 33.5. The Balaban J connectivity index is 4.33.